The molecule has 1 aliphatic rings. The maximum absolute atomic E-state index is 14.4. The molecule has 4 nitrogen and oxygen atoms in total. The van der Waals surface area contributed by atoms with Crippen LogP contribution < -0.4 is 5.32 Å². The summed E-state index contributed by atoms with van der Waals surface area (Å²) in [7, 11) is 0. The summed E-state index contributed by atoms with van der Waals surface area (Å²) in [5.41, 5.74) is 1.61. The SMILES string of the molecule is CC(C)(O)CC(=O)NCC1CC(CCCCCc2c(-c3ccc(F)cc3)[nH]c3c(F)cc(F)cc23)C1. The third-order valence-corrected chi connectivity index (χ3v) is 7.12. The predicted molar refractivity (Wildman–Crippen MR) is 136 cm³/mol. The largest absolute Gasteiger partial charge is 0.390 e. The van der Waals surface area contributed by atoms with Gasteiger partial charge in [0.25, 0.3) is 0 Å². The summed E-state index contributed by atoms with van der Waals surface area (Å²) < 4.78 is 41.8. The highest BCUT2D eigenvalue weighted by Gasteiger charge is 2.29. The summed E-state index contributed by atoms with van der Waals surface area (Å²) >= 11 is 0. The zero-order valence-electron chi connectivity index (χ0n) is 21.0. The molecule has 0 unspecified atom stereocenters. The lowest BCUT2D eigenvalue weighted by molar-refractivity contribution is -0.125. The van der Waals surface area contributed by atoms with Crippen LogP contribution in [0, 0.1) is 29.3 Å². The number of aromatic amines is 1. The van der Waals surface area contributed by atoms with Crippen molar-refractivity contribution < 1.29 is 23.1 Å². The van der Waals surface area contributed by atoms with E-state index in [-0.39, 0.29) is 23.7 Å². The Balaban J connectivity index is 1.26. The molecule has 1 aliphatic carbocycles. The summed E-state index contributed by atoms with van der Waals surface area (Å²) in [5, 5.41) is 13.2. The predicted octanol–water partition coefficient (Wildman–Crippen LogP) is 6.66. The van der Waals surface area contributed by atoms with Crippen LogP contribution in [0.15, 0.2) is 36.4 Å². The van der Waals surface area contributed by atoms with Crippen molar-refractivity contribution in [3.63, 3.8) is 0 Å². The van der Waals surface area contributed by atoms with E-state index in [1.54, 1.807) is 26.0 Å². The van der Waals surface area contributed by atoms with Crippen LogP contribution in [0.5, 0.6) is 0 Å². The second kappa shape index (κ2) is 11.1. The molecule has 1 fully saturated rings. The molecule has 0 atom stereocenters. The first kappa shape index (κ1) is 26.3. The number of hydrogen-bond acceptors (Lipinski definition) is 2. The molecule has 0 bridgehead atoms. The van der Waals surface area contributed by atoms with Gasteiger partial charge in [-0.25, -0.2) is 13.2 Å². The minimum absolute atomic E-state index is 0.108. The number of aliphatic hydroxyl groups is 1. The molecule has 36 heavy (non-hydrogen) atoms. The summed E-state index contributed by atoms with van der Waals surface area (Å²) in [6, 6.07) is 8.28. The number of rotatable bonds is 11. The molecule has 1 heterocycles. The number of nitrogens with one attached hydrogen (secondary N) is 2. The number of amides is 1. The van der Waals surface area contributed by atoms with E-state index in [0.29, 0.717) is 35.9 Å². The van der Waals surface area contributed by atoms with Gasteiger partial charge in [-0.1, -0.05) is 19.3 Å². The average Bonchev–Trinajstić information content (AvgIpc) is 3.12. The number of H-pyrrole nitrogens is 1. The van der Waals surface area contributed by atoms with E-state index < -0.39 is 17.2 Å². The molecule has 7 heteroatoms. The second-order valence-electron chi connectivity index (χ2n) is 10.9. The van der Waals surface area contributed by atoms with Crippen LogP contribution in [0.4, 0.5) is 13.2 Å². The Bertz CT molecular complexity index is 1190. The number of aromatic nitrogens is 1. The van der Waals surface area contributed by atoms with E-state index in [1.165, 1.54) is 18.2 Å². The minimum Gasteiger partial charge on any atom is -0.390 e. The van der Waals surface area contributed by atoms with Crippen LogP contribution in [0.2, 0.25) is 0 Å². The lowest BCUT2D eigenvalue weighted by atomic mass is 9.72. The third kappa shape index (κ3) is 6.69. The Kier molecular flexibility index (Phi) is 8.08. The van der Waals surface area contributed by atoms with Gasteiger partial charge in [0.15, 0.2) is 0 Å². The molecular formula is C29H35F3N2O2. The van der Waals surface area contributed by atoms with E-state index in [4.69, 9.17) is 0 Å². The van der Waals surface area contributed by atoms with Crippen LogP contribution in [0.25, 0.3) is 22.2 Å². The van der Waals surface area contributed by atoms with Crippen LogP contribution >= 0.6 is 0 Å². The van der Waals surface area contributed by atoms with Crippen LogP contribution in [-0.4, -0.2) is 28.1 Å². The number of hydrogen-bond donors (Lipinski definition) is 3. The van der Waals surface area contributed by atoms with Crippen molar-refractivity contribution >= 4 is 16.8 Å². The number of unbranched alkanes of at least 4 members (excludes halogenated alkanes) is 2. The fourth-order valence-electron chi connectivity index (χ4n) is 5.30. The van der Waals surface area contributed by atoms with Crippen LogP contribution in [0.1, 0.15) is 64.4 Å². The van der Waals surface area contributed by atoms with Crippen molar-refractivity contribution in [1.82, 2.24) is 10.3 Å². The molecule has 4 rings (SSSR count). The molecule has 0 aliphatic heterocycles. The van der Waals surface area contributed by atoms with Crippen molar-refractivity contribution in [2.75, 3.05) is 6.54 Å². The molecule has 0 spiro atoms. The van der Waals surface area contributed by atoms with Crippen molar-refractivity contribution in [3.05, 3.63) is 59.4 Å². The molecule has 3 aromatic rings. The van der Waals surface area contributed by atoms with Gasteiger partial charge < -0.3 is 15.4 Å². The van der Waals surface area contributed by atoms with E-state index in [2.05, 4.69) is 10.3 Å². The molecule has 194 valence electrons. The summed E-state index contributed by atoms with van der Waals surface area (Å²) in [5.74, 6) is -0.509. The first-order valence-corrected chi connectivity index (χ1v) is 12.8. The number of carbonyl (C=O) groups is 1. The van der Waals surface area contributed by atoms with Gasteiger partial charge in [-0.15, -0.1) is 0 Å². The molecule has 0 saturated heterocycles. The topological polar surface area (TPSA) is 65.1 Å². The van der Waals surface area contributed by atoms with Crippen LogP contribution in [-0.2, 0) is 11.2 Å². The number of halogens is 3. The second-order valence-corrected chi connectivity index (χ2v) is 10.9. The molecule has 1 saturated carbocycles. The van der Waals surface area contributed by atoms with Crippen LogP contribution in [0.3, 0.4) is 0 Å². The molecule has 0 radical (unpaired) electrons. The highest BCUT2D eigenvalue weighted by atomic mass is 19.1. The first-order chi connectivity index (χ1) is 17.1. The number of benzene rings is 2. The Hall–Kier alpha value is -2.80. The minimum atomic E-state index is -0.985. The first-order valence-electron chi connectivity index (χ1n) is 12.8. The van der Waals surface area contributed by atoms with Crippen molar-refractivity contribution in [2.45, 2.75) is 70.8 Å². The van der Waals surface area contributed by atoms with Gasteiger partial charge in [-0.2, -0.15) is 0 Å². The highest BCUT2D eigenvalue weighted by Crippen LogP contribution is 2.37. The molecule has 3 N–H and O–H groups in total. The van der Waals surface area contributed by atoms with Crippen molar-refractivity contribution in [2.24, 2.45) is 11.8 Å². The zero-order chi connectivity index (χ0) is 25.9. The van der Waals surface area contributed by atoms with Gasteiger partial charge in [0.2, 0.25) is 5.91 Å². The number of fused-ring (bicyclic) bond motifs is 1. The third-order valence-electron chi connectivity index (χ3n) is 7.12. The van der Waals surface area contributed by atoms with E-state index >= 15 is 0 Å². The molecule has 1 amide bonds. The number of carbonyl (C=O) groups excluding carboxylic acids is 1. The van der Waals surface area contributed by atoms with Gasteiger partial charge >= 0.3 is 0 Å². The maximum atomic E-state index is 14.4. The van der Waals surface area contributed by atoms with Gasteiger partial charge in [0, 0.05) is 23.7 Å². The van der Waals surface area contributed by atoms with E-state index in [1.807, 2.05) is 0 Å². The summed E-state index contributed by atoms with van der Waals surface area (Å²) in [6.45, 7) is 3.93. The van der Waals surface area contributed by atoms with Gasteiger partial charge in [0.1, 0.15) is 17.5 Å². The van der Waals surface area contributed by atoms with Crippen molar-refractivity contribution in [1.29, 1.82) is 0 Å². The highest BCUT2D eigenvalue weighted by molar-refractivity contribution is 5.91. The molecule has 2 aromatic carbocycles. The summed E-state index contributed by atoms with van der Waals surface area (Å²) in [6.07, 6.45) is 7.13. The Morgan fingerprint density at radius 1 is 1.03 bits per heavy atom. The Morgan fingerprint density at radius 2 is 1.75 bits per heavy atom. The fraction of sp³-hybridized carbons (Fsp3) is 0.483. The maximum Gasteiger partial charge on any atom is 0.222 e. The van der Waals surface area contributed by atoms with E-state index in [9.17, 15) is 23.1 Å². The number of aryl methyl sites for hydroxylation is 1. The fourth-order valence-corrected chi connectivity index (χ4v) is 5.30. The Labute approximate surface area is 210 Å². The summed E-state index contributed by atoms with van der Waals surface area (Å²) in [4.78, 5) is 14.9. The zero-order valence-corrected chi connectivity index (χ0v) is 21.0. The normalized spacial score (nSPS) is 17.8. The molecule has 1 aromatic heterocycles. The lowest BCUT2D eigenvalue weighted by Gasteiger charge is -2.35. The molecular weight excluding hydrogens is 465 g/mol. The van der Waals surface area contributed by atoms with Gasteiger partial charge in [0.05, 0.1) is 17.5 Å². The van der Waals surface area contributed by atoms with Crippen molar-refractivity contribution in [3.8, 4) is 11.3 Å². The standard InChI is InChI=1S/C29H35F3N2O2/c1-29(2,36)16-26(35)33-17-19-12-18(13-19)6-4-3-5-7-23-24-14-22(31)15-25(32)28(24)34-27(23)20-8-10-21(30)11-9-20/h8-11,14-15,18-19,34,36H,3-7,12-13,16-17H2,1-2H3,(H,33,35). The van der Waals surface area contributed by atoms with Gasteiger partial charge in [-0.05, 0) is 92.8 Å². The quantitative estimate of drug-likeness (QED) is 0.258. The lowest BCUT2D eigenvalue weighted by Crippen LogP contribution is -2.38. The monoisotopic (exact) mass is 500 g/mol. The Morgan fingerprint density at radius 3 is 2.44 bits per heavy atom. The average molecular weight is 501 g/mol. The van der Waals surface area contributed by atoms with Gasteiger partial charge in [-0.3, -0.25) is 4.79 Å². The van der Waals surface area contributed by atoms with E-state index in [0.717, 1.165) is 55.7 Å². The smallest absolute Gasteiger partial charge is 0.222 e.